The van der Waals surface area contributed by atoms with Crippen LogP contribution in [-0.4, -0.2) is 35.4 Å². The Hall–Kier alpha value is -2.83. The van der Waals surface area contributed by atoms with Crippen LogP contribution < -0.4 is 10.1 Å². The molecule has 0 heterocycles. The van der Waals surface area contributed by atoms with E-state index in [0.29, 0.717) is 17.2 Å². The summed E-state index contributed by atoms with van der Waals surface area (Å²) in [6, 6.07) is 20.3. The maximum Gasteiger partial charge on any atom is 0.261 e. The Bertz CT molecular complexity index is 1160. The van der Waals surface area contributed by atoms with E-state index in [0.717, 1.165) is 26.7 Å². The third-order valence-corrected chi connectivity index (χ3v) is 6.87. The third-order valence-electron chi connectivity index (χ3n) is 5.74. The Morgan fingerprint density at radius 3 is 2.17 bits per heavy atom. The molecule has 3 aromatic carbocycles. The Balaban J connectivity index is 1.91. The summed E-state index contributed by atoms with van der Waals surface area (Å²) < 4.78 is 6.84. The minimum atomic E-state index is -0.705. The van der Waals surface area contributed by atoms with Crippen molar-refractivity contribution in [1.29, 1.82) is 0 Å². The monoisotopic (exact) mass is 570 g/mol. The van der Waals surface area contributed by atoms with E-state index in [9.17, 15) is 9.59 Å². The van der Waals surface area contributed by atoms with Crippen LogP contribution in [0.1, 0.15) is 36.1 Å². The number of carbonyl (C=O) groups is 2. The molecule has 0 fully saturated rings. The van der Waals surface area contributed by atoms with Gasteiger partial charge in [0, 0.05) is 28.5 Å². The first kappa shape index (κ1) is 27.8. The van der Waals surface area contributed by atoms with Crippen LogP contribution in [0.2, 0.25) is 5.02 Å². The Labute approximate surface area is 226 Å². The molecule has 0 saturated heterocycles. The molecule has 1 N–H and O–H groups in total. The highest BCUT2D eigenvalue weighted by atomic mass is 79.9. The third kappa shape index (κ3) is 7.84. The van der Waals surface area contributed by atoms with E-state index in [1.54, 1.807) is 4.90 Å². The van der Waals surface area contributed by atoms with Crippen LogP contribution >= 0.6 is 27.5 Å². The number of nitrogens with one attached hydrogen (secondary N) is 1. The lowest BCUT2D eigenvalue weighted by molar-refractivity contribution is -0.143. The summed E-state index contributed by atoms with van der Waals surface area (Å²) in [5.41, 5.74) is 3.65. The molecule has 0 aromatic heterocycles. The second-order valence-corrected chi connectivity index (χ2v) is 10.5. The van der Waals surface area contributed by atoms with Gasteiger partial charge >= 0.3 is 0 Å². The van der Waals surface area contributed by atoms with Crippen molar-refractivity contribution >= 4 is 39.3 Å². The standard InChI is InChI=1S/C29H32BrClN2O3/c1-19(2)32-29(35)26(16-22-8-6-5-7-9-22)33(17-23-10-12-24(30)13-11-23)27(34)18-36-25-14-20(3)28(31)21(4)15-25/h5-15,19,26H,16-18H2,1-4H3,(H,32,35). The minimum Gasteiger partial charge on any atom is -0.484 e. The molecule has 5 nitrogen and oxygen atoms in total. The van der Waals surface area contributed by atoms with E-state index in [1.165, 1.54) is 0 Å². The number of nitrogens with zero attached hydrogens (tertiary/aromatic N) is 1. The Morgan fingerprint density at radius 2 is 1.58 bits per heavy atom. The van der Waals surface area contributed by atoms with Crippen LogP contribution in [0.4, 0.5) is 0 Å². The summed E-state index contributed by atoms with van der Waals surface area (Å²) in [5.74, 6) is 0.0955. The quantitative estimate of drug-likeness (QED) is 0.312. The van der Waals surface area contributed by atoms with Gasteiger partial charge in [0.2, 0.25) is 5.91 Å². The average molecular weight is 572 g/mol. The molecule has 2 amide bonds. The van der Waals surface area contributed by atoms with Crippen molar-refractivity contribution in [2.75, 3.05) is 6.61 Å². The van der Waals surface area contributed by atoms with Gasteiger partial charge in [0.25, 0.3) is 5.91 Å². The zero-order valence-corrected chi connectivity index (χ0v) is 23.4. The first-order chi connectivity index (χ1) is 17.1. The number of ether oxygens (including phenoxy) is 1. The van der Waals surface area contributed by atoms with Gasteiger partial charge in [0.1, 0.15) is 11.8 Å². The van der Waals surface area contributed by atoms with Gasteiger partial charge < -0.3 is 15.0 Å². The molecule has 0 bridgehead atoms. The van der Waals surface area contributed by atoms with E-state index in [-0.39, 0.29) is 31.0 Å². The van der Waals surface area contributed by atoms with Gasteiger partial charge in [-0.3, -0.25) is 9.59 Å². The van der Waals surface area contributed by atoms with Gasteiger partial charge in [0.15, 0.2) is 6.61 Å². The first-order valence-electron chi connectivity index (χ1n) is 11.9. The van der Waals surface area contributed by atoms with E-state index in [4.69, 9.17) is 16.3 Å². The average Bonchev–Trinajstić information content (AvgIpc) is 2.84. The zero-order valence-electron chi connectivity index (χ0n) is 21.1. The maximum absolute atomic E-state index is 13.6. The highest BCUT2D eigenvalue weighted by molar-refractivity contribution is 9.10. The molecule has 1 atom stereocenters. The van der Waals surface area contributed by atoms with Crippen molar-refractivity contribution in [3.05, 3.63) is 98.5 Å². The van der Waals surface area contributed by atoms with Crippen LogP contribution in [0.5, 0.6) is 5.75 Å². The molecule has 3 aromatic rings. The lowest BCUT2D eigenvalue weighted by atomic mass is 10.0. The fraction of sp³-hybridized carbons (Fsp3) is 0.310. The summed E-state index contributed by atoms with van der Waals surface area (Å²) in [6.07, 6.45) is 0.390. The normalized spacial score (nSPS) is 11.8. The van der Waals surface area contributed by atoms with Crippen molar-refractivity contribution in [3.63, 3.8) is 0 Å². The van der Waals surface area contributed by atoms with Gasteiger partial charge in [-0.2, -0.15) is 0 Å². The number of hydrogen-bond acceptors (Lipinski definition) is 3. The highest BCUT2D eigenvalue weighted by Gasteiger charge is 2.31. The topological polar surface area (TPSA) is 58.6 Å². The number of aryl methyl sites for hydroxylation is 2. The van der Waals surface area contributed by atoms with Crippen molar-refractivity contribution in [2.24, 2.45) is 0 Å². The molecule has 3 rings (SSSR count). The van der Waals surface area contributed by atoms with Gasteiger partial charge in [-0.25, -0.2) is 0 Å². The largest absolute Gasteiger partial charge is 0.484 e. The SMILES string of the molecule is Cc1cc(OCC(=O)N(Cc2ccc(Br)cc2)C(Cc2ccccc2)C(=O)NC(C)C)cc(C)c1Cl. The summed E-state index contributed by atoms with van der Waals surface area (Å²) in [5, 5.41) is 3.67. The van der Waals surface area contributed by atoms with E-state index < -0.39 is 6.04 Å². The zero-order chi connectivity index (χ0) is 26.2. The van der Waals surface area contributed by atoms with E-state index in [1.807, 2.05) is 94.4 Å². The lowest BCUT2D eigenvalue weighted by Crippen LogP contribution is -2.52. The van der Waals surface area contributed by atoms with Gasteiger partial charge in [-0.15, -0.1) is 0 Å². The molecule has 0 aliphatic heterocycles. The fourth-order valence-corrected chi connectivity index (χ4v) is 4.31. The summed E-state index contributed by atoms with van der Waals surface area (Å²) in [7, 11) is 0. The molecular weight excluding hydrogens is 540 g/mol. The van der Waals surface area contributed by atoms with Crippen LogP contribution in [0.15, 0.2) is 71.2 Å². The smallest absolute Gasteiger partial charge is 0.261 e. The lowest BCUT2D eigenvalue weighted by Gasteiger charge is -2.32. The van der Waals surface area contributed by atoms with Crippen molar-refractivity contribution in [3.8, 4) is 5.75 Å². The molecule has 190 valence electrons. The van der Waals surface area contributed by atoms with Crippen molar-refractivity contribution in [1.82, 2.24) is 10.2 Å². The molecule has 36 heavy (non-hydrogen) atoms. The fourth-order valence-electron chi connectivity index (χ4n) is 3.94. The van der Waals surface area contributed by atoms with Gasteiger partial charge in [-0.05, 0) is 74.2 Å². The minimum absolute atomic E-state index is 0.0586. The number of rotatable bonds is 10. The molecular formula is C29H32BrClN2O3. The first-order valence-corrected chi connectivity index (χ1v) is 13.1. The number of halogens is 2. The van der Waals surface area contributed by atoms with Gasteiger partial charge in [0.05, 0.1) is 0 Å². The summed E-state index contributed by atoms with van der Waals surface area (Å²) in [6.45, 7) is 7.69. The van der Waals surface area contributed by atoms with Crippen LogP contribution in [-0.2, 0) is 22.6 Å². The maximum atomic E-state index is 13.6. The molecule has 0 saturated carbocycles. The van der Waals surface area contributed by atoms with E-state index in [2.05, 4.69) is 21.2 Å². The number of hydrogen-bond donors (Lipinski definition) is 1. The molecule has 0 aliphatic carbocycles. The van der Waals surface area contributed by atoms with Crippen LogP contribution in [0.25, 0.3) is 0 Å². The Kier molecular flexibility index (Phi) is 9.97. The van der Waals surface area contributed by atoms with Crippen LogP contribution in [0.3, 0.4) is 0 Å². The molecule has 7 heteroatoms. The van der Waals surface area contributed by atoms with E-state index >= 15 is 0 Å². The second kappa shape index (κ2) is 12.9. The molecule has 0 radical (unpaired) electrons. The second-order valence-electron chi connectivity index (χ2n) is 9.18. The number of amides is 2. The van der Waals surface area contributed by atoms with Crippen LogP contribution in [0, 0.1) is 13.8 Å². The molecule has 1 unspecified atom stereocenters. The predicted molar refractivity (Wildman–Crippen MR) is 148 cm³/mol. The number of benzene rings is 3. The van der Waals surface area contributed by atoms with Crippen molar-refractivity contribution < 1.29 is 14.3 Å². The predicted octanol–water partition coefficient (Wildman–Crippen LogP) is 6.26. The Morgan fingerprint density at radius 1 is 0.972 bits per heavy atom. The molecule has 0 aliphatic rings. The molecule has 0 spiro atoms. The number of carbonyl (C=O) groups excluding carboxylic acids is 2. The van der Waals surface area contributed by atoms with Crippen molar-refractivity contribution in [2.45, 2.75) is 52.7 Å². The summed E-state index contributed by atoms with van der Waals surface area (Å²) in [4.78, 5) is 28.6. The van der Waals surface area contributed by atoms with Gasteiger partial charge in [-0.1, -0.05) is 70.0 Å². The summed E-state index contributed by atoms with van der Waals surface area (Å²) >= 11 is 9.74. The highest BCUT2D eigenvalue weighted by Crippen LogP contribution is 2.26.